The maximum absolute atomic E-state index is 11.1. The van der Waals surface area contributed by atoms with Crippen molar-refractivity contribution in [3.8, 4) is 0 Å². The van der Waals surface area contributed by atoms with Crippen LogP contribution in [0.5, 0.6) is 0 Å². The van der Waals surface area contributed by atoms with Crippen molar-refractivity contribution in [1.82, 2.24) is 9.80 Å². The van der Waals surface area contributed by atoms with E-state index in [9.17, 15) is 10.2 Å². The molecular formula is C22H36N2O2. The lowest BCUT2D eigenvalue weighted by atomic mass is 9.91. The van der Waals surface area contributed by atoms with Crippen LogP contribution in [-0.4, -0.2) is 63.9 Å². The van der Waals surface area contributed by atoms with Crippen LogP contribution in [0.15, 0.2) is 24.3 Å². The Labute approximate surface area is 158 Å². The number of likely N-dealkylation sites (tertiary alicyclic amines) is 2. The van der Waals surface area contributed by atoms with E-state index in [-0.39, 0.29) is 0 Å². The third-order valence-electron chi connectivity index (χ3n) is 5.81. The summed E-state index contributed by atoms with van der Waals surface area (Å²) < 4.78 is 0. The molecule has 0 radical (unpaired) electrons. The molecule has 26 heavy (non-hydrogen) atoms. The van der Waals surface area contributed by atoms with Crippen LogP contribution in [0, 0.1) is 0 Å². The molecule has 0 aromatic heterocycles. The molecular weight excluding hydrogens is 324 g/mol. The first-order valence-electron chi connectivity index (χ1n) is 10.3. The summed E-state index contributed by atoms with van der Waals surface area (Å²) in [6.45, 7) is 9.62. The SMILES string of the molecule is CC(C)(O)CCc1ccc(CN2CCC[C@](O)(CN3CCCC3)C2)cc1. The molecule has 0 spiro atoms. The number of aliphatic hydroxyl groups is 2. The van der Waals surface area contributed by atoms with Gasteiger partial charge in [-0.3, -0.25) is 4.90 Å². The molecule has 2 saturated heterocycles. The highest BCUT2D eigenvalue weighted by Gasteiger charge is 2.35. The minimum atomic E-state index is -0.605. The molecule has 4 heteroatoms. The summed E-state index contributed by atoms with van der Waals surface area (Å²) in [7, 11) is 0. The van der Waals surface area contributed by atoms with Crippen molar-refractivity contribution in [3.63, 3.8) is 0 Å². The average Bonchev–Trinajstić information content (AvgIpc) is 3.06. The van der Waals surface area contributed by atoms with Crippen LogP contribution in [0.1, 0.15) is 57.1 Å². The van der Waals surface area contributed by atoms with Gasteiger partial charge in [-0.05, 0) is 83.1 Å². The minimum Gasteiger partial charge on any atom is -0.390 e. The summed E-state index contributed by atoms with van der Waals surface area (Å²) in [5.74, 6) is 0. The molecule has 2 heterocycles. The van der Waals surface area contributed by atoms with E-state index in [1.807, 2.05) is 13.8 Å². The quantitative estimate of drug-likeness (QED) is 0.785. The first-order chi connectivity index (χ1) is 12.3. The molecule has 2 aliphatic rings. The monoisotopic (exact) mass is 360 g/mol. The van der Waals surface area contributed by atoms with Crippen molar-refractivity contribution in [1.29, 1.82) is 0 Å². The number of nitrogens with zero attached hydrogens (tertiary/aromatic N) is 2. The molecule has 2 N–H and O–H groups in total. The molecule has 0 saturated carbocycles. The highest BCUT2D eigenvalue weighted by Crippen LogP contribution is 2.25. The zero-order valence-electron chi connectivity index (χ0n) is 16.6. The molecule has 3 rings (SSSR count). The molecule has 0 amide bonds. The van der Waals surface area contributed by atoms with Crippen LogP contribution in [0.3, 0.4) is 0 Å². The van der Waals surface area contributed by atoms with Gasteiger partial charge in [-0.2, -0.15) is 0 Å². The van der Waals surface area contributed by atoms with E-state index in [1.165, 1.54) is 24.0 Å². The molecule has 2 fully saturated rings. The van der Waals surface area contributed by atoms with Gasteiger partial charge in [-0.1, -0.05) is 24.3 Å². The van der Waals surface area contributed by atoms with E-state index in [4.69, 9.17) is 0 Å². The first-order valence-corrected chi connectivity index (χ1v) is 10.3. The molecule has 0 aliphatic carbocycles. The number of piperidine rings is 1. The normalized spacial score (nSPS) is 25.7. The van der Waals surface area contributed by atoms with Crippen LogP contribution in [0.4, 0.5) is 0 Å². The second-order valence-corrected chi connectivity index (χ2v) is 9.15. The van der Waals surface area contributed by atoms with E-state index in [0.29, 0.717) is 0 Å². The number of aryl methyl sites for hydroxylation is 1. The van der Waals surface area contributed by atoms with Crippen molar-refractivity contribution in [2.75, 3.05) is 32.7 Å². The van der Waals surface area contributed by atoms with Gasteiger partial charge in [-0.25, -0.2) is 0 Å². The van der Waals surface area contributed by atoms with Gasteiger partial charge < -0.3 is 15.1 Å². The van der Waals surface area contributed by atoms with E-state index in [1.54, 1.807) is 0 Å². The van der Waals surface area contributed by atoms with Gasteiger partial charge in [0, 0.05) is 19.6 Å². The fraction of sp³-hybridized carbons (Fsp3) is 0.727. The largest absolute Gasteiger partial charge is 0.390 e. The van der Waals surface area contributed by atoms with Gasteiger partial charge in [0.05, 0.1) is 11.2 Å². The molecule has 1 aromatic carbocycles. The second kappa shape index (κ2) is 8.39. The Balaban J connectivity index is 1.51. The Bertz CT molecular complexity index is 561. The predicted octanol–water partition coefficient (Wildman–Crippen LogP) is 2.81. The lowest BCUT2D eigenvalue weighted by Crippen LogP contribution is -2.53. The Morgan fingerprint density at radius 3 is 2.23 bits per heavy atom. The second-order valence-electron chi connectivity index (χ2n) is 9.15. The zero-order valence-corrected chi connectivity index (χ0v) is 16.6. The summed E-state index contributed by atoms with van der Waals surface area (Å²) in [6, 6.07) is 8.77. The summed E-state index contributed by atoms with van der Waals surface area (Å²) in [5.41, 5.74) is 1.43. The maximum Gasteiger partial charge on any atom is 0.0900 e. The highest BCUT2D eigenvalue weighted by atomic mass is 16.3. The van der Waals surface area contributed by atoms with Gasteiger partial charge in [0.1, 0.15) is 0 Å². The fourth-order valence-corrected chi connectivity index (χ4v) is 4.35. The summed E-state index contributed by atoms with van der Waals surface area (Å²) in [6.07, 6.45) is 6.24. The average molecular weight is 361 g/mol. The number of benzene rings is 1. The molecule has 0 bridgehead atoms. The summed E-state index contributed by atoms with van der Waals surface area (Å²) >= 11 is 0. The first kappa shape index (κ1) is 19.8. The summed E-state index contributed by atoms with van der Waals surface area (Å²) in [4.78, 5) is 4.84. The Morgan fingerprint density at radius 2 is 1.58 bits per heavy atom. The maximum atomic E-state index is 11.1. The standard InChI is InChI=1S/C22H36N2O2/c1-21(2,25)12-10-19-6-8-20(9-7-19)16-24-15-5-11-22(26,18-24)17-23-13-3-4-14-23/h6-9,25-26H,3-5,10-18H2,1-2H3/t22-/m0/s1. The lowest BCUT2D eigenvalue weighted by molar-refractivity contribution is -0.0519. The van der Waals surface area contributed by atoms with Crippen LogP contribution >= 0.6 is 0 Å². The van der Waals surface area contributed by atoms with Crippen LogP contribution in [0.2, 0.25) is 0 Å². The minimum absolute atomic E-state index is 0.546. The Hall–Kier alpha value is -0.940. The molecule has 4 nitrogen and oxygen atoms in total. The van der Waals surface area contributed by atoms with Crippen molar-refractivity contribution in [2.45, 2.75) is 70.1 Å². The molecule has 146 valence electrons. The molecule has 1 atom stereocenters. The van der Waals surface area contributed by atoms with Crippen molar-refractivity contribution >= 4 is 0 Å². The fourth-order valence-electron chi connectivity index (χ4n) is 4.35. The lowest BCUT2D eigenvalue weighted by Gasteiger charge is -2.41. The van der Waals surface area contributed by atoms with Gasteiger partial charge in [0.2, 0.25) is 0 Å². The van der Waals surface area contributed by atoms with Gasteiger partial charge in [-0.15, -0.1) is 0 Å². The van der Waals surface area contributed by atoms with Crippen molar-refractivity contribution < 1.29 is 10.2 Å². The van der Waals surface area contributed by atoms with Crippen LogP contribution < -0.4 is 0 Å². The van der Waals surface area contributed by atoms with Crippen molar-refractivity contribution in [3.05, 3.63) is 35.4 Å². The van der Waals surface area contributed by atoms with Gasteiger partial charge in [0.25, 0.3) is 0 Å². The van der Waals surface area contributed by atoms with Gasteiger partial charge >= 0.3 is 0 Å². The summed E-state index contributed by atoms with van der Waals surface area (Å²) in [5, 5.41) is 20.9. The third kappa shape index (κ3) is 6.05. The number of rotatable bonds is 7. The molecule has 2 aliphatic heterocycles. The topological polar surface area (TPSA) is 46.9 Å². The van der Waals surface area contributed by atoms with E-state index < -0.39 is 11.2 Å². The number of β-amino-alcohol motifs (C(OH)–C–C–N with tert-alkyl or cyclic N) is 1. The third-order valence-corrected chi connectivity index (χ3v) is 5.81. The molecule has 1 aromatic rings. The van der Waals surface area contributed by atoms with E-state index in [2.05, 4.69) is 34.1 Å². The van der Waals surface area contributed by atoms with Crippen LogP contribution in [-0.2, 0) is 13.0 Å². The molecule has 0 unspecified atom stereocenters. The zero-order chi connectivity index (χ0) is 18.6. The highest BCUT2D eigenvalue weighted by molar-refractivity contribution is 5.23. The Kier molecular flexibility index (Phi) is 6.39. The van der Waals surface area contributed by atoms with E-state index >= 15 is 0 Å². The van der Waals surface area contributed by atoms with Crippen molar-refractivity contribution in [2.24, 2.45) is 0 Å². The Morgan fingerprint density at radius 1 is 0.962 bits per heavy atom. The number of hydrogen-bond acceptors (Lipinski definition) is 4. The van der Waals surface area contributed by atoms with E-state index in [0.717, 1.165) is 65.0 Å². The number of hydrogen-bond donors (Lipinski definition) is 2. The van der Waals surface area contributed by atoms with Crippen LogP contribution in [0.25, 0.3) is 0 Å². The smallest absolute Gasteiger partial charge is 0.0900 e. The van der Waals surface area contributed by atoms with Gasteiger partial charge in [0.15, 0.2) is 0 Å². The predicted molar refractivity (Wildman–Crippen MR) is 106 cm³/mol.